The summed E-state index contributed by atoms with van der Waals surface area (Å²) < 4.78 is 0. The van der Waals surface area contributed by atoms with E-state index in [0.29, 0.717) is 5.52 Å². The third-order valence-corrected chi connectivity index (χ3v) is 2.84. The first-order valence-electron chi connectivity index (χ1n) is 5.11. The van der Waals surface area contributed by atoms with E-state index in [9.17, 15) is 9.90 Å². The van der Waals surface area contributed by atoms with Gasteiger partial charge in [-0.3, -0.25) is 0 Å². The fraction of sp³-hybridized carbons (Fsp3) is 0. The number of rotatable bonds is 1. The molecule has 84 valence electrons. The molecule has 0 saturated carbocycles. The topological polar surface area (TPSA) is 76.2 Å². The molecule has 0 aliphatic heterocycles. The Kier molecular flexibility index (Phi) is 3.34. The molecule has 0 amide bonds. The van der Waals surface area contributed by atoms with E-state index in [-0.39, 0.29) is 35.1 Å². The molecule has 3 rings (SSSR count). The van der Waals surface area contributed by atoms with Gasteiger partial charge in [0.2, 0.25) is 0 Å². The molecule has 0 radical (unpaired) electrons. The van der Waals surface area contributed by atoms with Crippen LogP contribution in [0.5, 0.6) is 5.75 Å². The summed E-state index contributed by atoms with van der Waals surface area (Å²) in [5.74, 6) is -1.67. The van der Waals surface area contributed by atoms with Gasteiger partial charge in [-0.05, 0) is 18.2 Å². The molecule has 2 aromatic carbocycles. The van der Waals surface area contributed by atoms with Crippen molar-refractivity contribution in [3.05, 3.63) is 42.0 Å². The van der Waals surface area contributed by atoms with Crippen molar-refractivity contribution in [2.24, 2.45) is 0 Å². The number of para-hydroxylation sites is 1. The SMILES string of the molecule is O=C(O)c1cc2c(cc1[O-])[nH]c1ccccc12.[Na+]. The largest absolute Gasteiger partial charge is 1.00 e. The van der Waals surface area contributed by atoms with Crippen LogP contribution < -0.4 is 34.7 Å². The Bertz CT molecular complexity index is 748. The Morgan fingerprint density at radius 1 is 1.11 bits per heavy atom. The molecule has 0 saturated heterocycles. The molecule has 0 aliphatic rings. The molecule has 3 aromatic rings. The molecular formula is C13H8NNaO3. The second-order valence-corrected chi connectivity index (χ2v) is 3.87. The van der Waals surface area contributed by atoms with Crippen LogP contribution in [0.15, 0.2) is 36.4 Å². The van der Waals surface area contributed by atoms with Gasteiger partial charge in [0.25, 0.3) is 0 Å². The number of carbonyl (C=O) groups is 1. The molecule has 0 atom stereocenters. The molecule has 0 spiro atoms. The maximum atomic E-state index is 11.6. The van der Waals surface area contributed by atoms with Gasteiger partial charge in [-0.15, -0.1) is 0 Å². The normalized spacial score (nSPS) is 10.4. The zero-order valence-electron chi connectivity index (χ0n) is 9.73. The maximum Gasteiger partial charge on any atom is 1.00 e. The number of aromatic amines is 1. The molecule has 4 nitrogen and oxygen atoms in total. The number of benzene rings is 2. The number of aromatic nitrogens is 1. The molecule has 0 aliphatic carbocycles. The van der Waals surface area contributed by atoms with Crippen molar-refractivity contribution in [2.75, 3.05) is 0 Å². The second-order valence-electron chi connectivity index (χ2n) is 3.87. The molecule has 18 heavy (non-hydrogen) atoms. The van der Waals surface area contributed by atoms with Crippen molar-refractivity contribution in [1.29, 1.82) is 0 Å². The number of hydrogen-bond acceptors (Lipinski definition) is 2. The smallest absolute Gasteiger partial charge is 0.872 e. The fourth-order valence-electron chi connectivity index (χ4n) is 2.05. The van der Waals surface area contributed by atoms with Crippen molar-refractivity contribution in [3.8, 4) is 5.75 Å². The molecule has 1 heterocycles. The number of fused-ring (bicyclic) bond motifs is 3. The van der Waals surface area contributed by atoms with Crippen molar-refractivity contribution in [1.82, 2.24) is 4.98 Å². The molecule has 2 N–H and O–H groups in total. The van der Waals surface area contributed by atoms with E-state index in [4.69, 9.17) is 5.11 Å². The second kappa shape index (κ2) is 4.65. The van der Waals surface area contributed by atoms with Gasteiger partial charge in [0.05, 0.1) is 5.56 Å². The number of nitrogens with one attached hydrogen (secondary N) is 1. The molecule has 5 heteroatoms. The molecule has 0 bridgehead atoms. The van der Waals surface area contributed by atoms with Gasteiger partial charge in [-0.1, -0.05) is 23.9 Å². The van der Waals surface area contributed by atoms with Crippen LogP contribution in [0.4, 0.5) is 0 Å². The monoisotopic (exact) mass is 249 g/mol. The van der Waals surface area contributed by atoms with E-state index in [2.05, 4.69) is 4.98 Å². The zero-order chi connectivity index (χ0) is 12.0. The summed E-state index contributed by atoms with van der Waals surface area (Å²) in [6.45, 7) is 0. The molecular weight excluding hydrogens is 241 g/mol. The van der Waals surface area contributed by atoms with Gasteiger partial charge >= 0.3 is 35.5 Å². The number of carboxylic acids is 1. The third kappa shape index (κ3) is 1.88. The average molecular weight is 249 g/mol. The summed E-state index contributed by atoms with van der Waals surface area (Å²) in [6.07, 6.45) is 0. The van der Waals surface area contributed by atoms with Gasteiger partial charge in [-0.2, -0.15) is 0 Å². The number of H-pyrrole nitrogens is 1. The molecule has 1 aromatic heterocycles. The van der Waals surface area contributed by atoms with Crippen LogP contribution in [0.25, 0.3) is 21.8 Å². The van der Waals surface area contributed by atoms with Crippen LogP contribution in [0.1, 0.15) is 10.4 Å². The van der Waals surface area contributed by atoms with Crippen LogP contribution in [-0.2, 0) is 0 Å². The Morgan fingerprint density at radius 3 is 2.56 bits per heavy atom. The summed E-state index contributed by atoms with van der Waals surface area (Å²) in [7, 11) is 0. The van der Waals surface area contributed by atoms with Crippen LogP contribution in [0.2, 0.25) is 0 Å². The summed E-state index contributed by atoms with van der Waals surface area (Å²) in [5, 5.41) is 22.2. The van der Waals surface area contributed by atoms with Gasteiger partial charge in [-0.25, -0.2) is 4.79 Å². The zero-order valence-corrected chi connectivity index (χ0v) is 11.7. The molecule has 0 unspecified atom stereocenters. The van der Waals surface area contributed by atoms with Gasteiger partial charge < -0.3 is 15.2 Å². The molecule has 0 fully saturated rings. The van der Waals surface area contributed by atoms with Crippen LogP contribution in [0.3, 0.4) is 0 Å². The van der Waals surface area contributed by atoms with Gasteiger partial charge in [0.1, 0.15) is 0 Å². The van der Waals surface area contributed by atoms with Crippen LogP contribution >= 0.6 is 0 Å². The Labute approximate surface area is 125 Å². The number of carboxylic acid groups (broad SMARTS) is 1. The van der Waals surface area contributed by atoms with Crippen molar-refractivity contribution in [2.45, 2.75) is 0 Å². The van der Waals surface area contributed by atoms with Crippen LogP contribution in [-0.4, -0.2) is 16.1 Å². The number of aromatic carboxylic acids is 1. The maximum absolute atomic E-state index is 11.6. The first-order chi connectivity index (χ1) is 8.16. The minimum Gasteiger partial charge on any atom is -0.872 e. The predicted octanol–water partition coefficient (Wildman–Crippen LogP) is -0.903. The third-order valence-electron chi connectivity index (χ3n) is 2.84. The van der Waals surface area contributed by atoms with Crippen molar-refractivity contribution in [3.63, 3.8) is 0 Å². The first kappa shape index (κ1) is 13.0. The summed E-state index contributed by atoms with van der Waals surface area (Å²) in [4.78, 5) is 14.0. The summed E-state index contributed by atoms with van der Waals surface area (Å²) >= 11 is 0. The van der Waals surface area contributed by atoms with Gasteiger partial charge in [0.15, 0.2) is 0 Å². The van der Waals surface area contributed by atoms with E-state index in [1.807, 2.05) is 24.3 Å². The van der Waals surface area contributed by atoms with Crippen molar-refractivity contribution < 1.29 is 44.6 Å². The number of hydrogen-bond donors (Lipinski definition) is 2. The standard InChI is InChI=1S/C13H9NO3.Na/c15-12-6-11-8(5-9(12)13(16)17)7-3-1-2-4-10(7)14-11;/h1-6,14-15H,(H,16,17);/q;+1/p-1. The Hall–Kier alpha value is -1.49. The first-order valence-corrected chi connectivity index (χ1v) is 5.11. The minimum atomic E-state index is -1.19. The van der Waals surface area contributed by atoms with Gasteiger partial charge in [0, 0.05) is 21.8 Å². The fourth-order valence-corrected chi connectivity index (χ4v) is 2.05. The van der Waals surface area contributed by atoms with Crippen LogP contribution in [0, 0.1) is 0 Å². The van der Waals surface area contributed by atoms with E-state index in [0.717, 1.165) is 16.3 Å². The minimum absolute atomic E-state index is 0. The van der Waals surface area contributed by atoms with E-state index >= 15 is 0 Å². The van der Waals surface area contributed by atoms with E-state index in [1.165, 1.54) is 12.1 Å². The van der Waals surface area contributed by atoms with E-state index in [1.54, 1.807) is 0 Å². The van der Waals surface area contributed by atoms with Crippen molar-refractivity contribution >= 4 is 27.8 Å². The Balaban J connectivity index is 0.00000120. The predicted molar refractivity (Wildman–Crippen MR) is 62.2 cm³/mol. The van der Waals surface area contributed by atoms with E-state index < -0.39 is 11.7 Å². The summed E-state index contributed by atoms with van der Waals surface area (Å²) in [6, 6.07) is 10.3. The average Bonchev–Trinajstić information content (AvgIpc) is 2.64. The summed E-state index contributed by atoms with van der Waals surface area (Å²) in [5.41, 5.74) is 1.37. The Morgan fingerprint density at radius 2 is 1.83 bits per heavy atom. The quantitative estimate of drug-likeness (QED) is 0.549.